The summed E-state index contributed by atoms with van der Waals surface area (Å²) in [5, 5.41) is 2.51. The fraction of sp³-hybridized carbons (Fsp3) is 0.429. The van der Waals surface area contributed by atoms with Gasteiger partial charge in [0.05, 0.1) is 20.1 Å². The van der Waals surface area contributed by atoms with E-state index in [-0.39, 0.29) is 12.1 Å². The largest absolute Gasteiger partial charge is 0.469 e. The van der Waals surface area contributed by atoms with Crippen LogP contribution in [0, 0.1) is 5.92 Å². The Balaban J connectivity index is 2.77. The summed E-state index contributed by atoms with van der Waals surface area (Å²) in [5.41, 5.74) is 0.178. The molecular formula is C14H18N2O5. The second-order valence-electron chi connectivity index (χ2n) is 4.42. The van der Waals surface area contributed by atoms with E-state index < -0.39 is 29.8 Å². The van der Waals surface area contributed by atoms with Gasteiger partial charge in [-0.25, -0.2) is 4.79 Å². The van der Waals surface area contributed by atoms with Crippen molar-refractivity contribution in [2.75, 3.05) is 14.2 Å². The van der Waals surface area contributed by atoms with Gasteiger partial charge in [0.2, 0.25) is 0 Å². The molecule has 1 aromatic heterocycles. The van der Waals surface area contributed by atoms with Crippen molar-refractivity contribution in [1.82, 2.24) is 10.3 Å². The van der Waals surface area contributed by atoms with E-state index in [1.807, 2.05) is 0 Å². The molecule has 0 aromatic carbocycles. The number of methoxy groups -OCH3 is 2. The summed E-state index contributed by atoms with van der Waals surface area (Å²) in [6, 6.07) is 3.91. The monoisotopic (exact) mass is 294 g/mol. The van der Waals surface area contributed by atoms with Gasteiger partial charge in [0.25, 0.3) is 5.91 Å². The molecule has 0 unspecified atom stereocenters. The van der Waals surface area contributed by atoms with Gasteiger partial charge in [0.15, 0.2) is 0 Å². The van der Waals surface area contributed by atoms with E-state index in [0.29, 0.717) is 0 Å². The molecule has 114 valence electrons. The van der Waals surface area contributed by atoms with Crippen molar-refractivity contribution in [3.63, 3.8) is 0 Å². The second-order valence-corrected chi connectivity index (χ2v) is 4.42. The number of carbonyl (C=O) groups is 3. The zero-order valence-corrected chi connectivity index (χ0v) is 12.2. The Labute approximate surface area is 122 Å². The van der Waals surface area contributed by atoms with Crippen LogP contribution in [-0.4, -0.2) is 43.1 Å². The van der Waals surface area contributed by atoms with E-state index in [0.717, 1.165) is 0 Å². The Morgan fingerprint density at radius 2 is 1.86 bits per heavy atom. The summed E-state index contributed by atoms with van der Waals surface area (Å²) in [6.45, 7) is 1.61. The molecular weight excluding hydrogens is 276 g/mol. The molecule has 1 heterocycles. The van der Waals surface area contributed by atoms with Crippen LogP contribution in [0.4, 0.5) is 0 Å². The first kappa shape index (κ1) is 16.6. The highest BCUT2D eigenvalue weighted by molar-refractivity contribution is 5.95. The van der Waals surface area contributed by atoms with Crippen molar-refractivity contribution < 1.29 is 23.9 Å². The highest BCUT2D eigenvalue weighted by Gasteiger charge is 2.27. The maximum Gasteiger partial charge on any atom is 0.328 e. The van der Waals surface area contributed by atoms with Crippen LogP contribution in [0.1, 0.15) is 23.8 Å². The lowest BCUT2D eigenvalue weighted by atomic mass is 10.0. The molecule has 1 N–H and O–H groups in total. The van der Waals surface area contributed by atoms with Gasteiger partial charge in [-0.2, -0.15) is 0 Å². The number of aromatic nitrogens is 1. The van der Waals surface area contributed by atoms with Crippen LogP contribution in [-0.2, 0) is 19.1 Å². The number of esters is 2. The molecule has 0 saturated carbocycles. The molecule has 0 saturated heterocycles. The molecule has 2 atom stereocenters. The quantitative estimate of drug-likeness (QED) is 0.770. The van der Waals surface area contributed by atoms with Crippen molar-refractivity contribution in [1.29, 1.82) is 0 Å². The van der Waals surface area contributed by atoms with Crippen molar-refractivity contribution in [3.8, 4) is 0 Å². The van der Waals surface area contributed by atoms with Crippen molar-refractivity contribution in [2.45, 2.75) is 19.4 Å². The number of pyridine rings is 1. The number of hydrogen-bond donors (Lipinski definition) is 1. The Kier molecular flexibility index (Phi) is 6.32. The number of carbonyl (C=O) groups excluding carboxylic acids is 3. The molecule has 1 aromatic rings. The maximum absolute atomic E-state index is 12.0. The predicted molar refractivity (Wildman–Crippen MR) is 73.3 cm³/mol. The van der Waals surface area contributed by atoms with Crippen molar-refractivity contribution >= 4 is 17.8 Å². The molecule has 0 spiro atoms. The van der Waals surface area contributed by atoms with Crippen LogP contribution in [0.25, 0.3) is 0 Å². The average molecular weight is 294 g/mol. The third kappa shape index (κ3) is 4.87. The number of amides is 1. The van der Waals surface area contributed by atoms with Gasteiger partial charge in [0, 0.05) is 6.20 Å². The maximum atomic E-state index is 12.0. The smallest absolute Gasteiger partial charge is 0.328 e. The van der Waals surface area contributed by atoms with Gasteiger partial charge < -0.3 is 14.8 Å². The summed E-state index contributed by atoms with van der Waals surface area (Å²) in [4.78, 5) is 39.0. The third-order valence-corrected chi connectivity index (χ3v) is 2.88. The number of ether oxygens (including phenoxy) is 2. The molecule has 0 bridgehead atoms. The van der Waals surface area contributed by atoms with Crippen molar-refractivity contribution in [2.24, 2.45) is 5.92 Å². The summed E-state index contributed by atoms with van der Waals surface area (Å²) in [5.74, 6) is -2.16. The summed E-state index contributed by atoms with van der Waals surface area (Å²) in [7, 11) is 2.48. The molecule has 1 rings (SSSR count). The van der Waals surface area contributed by atoms with E-state index in [2.05, 4.69) is 19.8 Å². The van der Waals surface area contributed by atoms with Crippen LogP contribution in [0.5, 0.6) is 0 Å². The number of rotatable bonds is 6. The molecule has 21 heavy (non-hydrogen) atoms. The number of hydrogen-bond acceptors (Lipinski definition) is 6. The Morgan fingerprint density at radius 3 is 2.38 bits per heavy atom. The second kappa shape index (κ2) is 7.98. The van der Waals surface area contributed by atoms with Gasteiger partial charge in [-0.05, 0) is 18.6 Å². The minimum absolute atomic E-state index is 0.0813. The zero-order valence-electron chi connectivity index (χ0n) is 12.2. The lowest BCUT2D eigenvalue weighted by Gasteiger charge is -2.18. The molecule has 0 aliphatic rings. The molecule has 7 nitrogen and oxygen atoms in total. The lowest BCUT2D eigenvalue weighted by molar-refractivity contribution is -0.147. The van der Waals surface area contributed by atoms with Crippen LogP contribution in [0.15, 0.2) is 24.4 Å². The highest BCUT2D eigenvalue weighted by Crippen LogP contribution is 2.10. The topological polar surface area (TPSA) is 94.6 Å². The summed E-state index contributed by atoms with van der Waals surface area (Å²) >= 11 is 0. The van der Waals surface area contributed by atoms with E-state index in [1.54, 1.807) is 19.1 Å². The van der Waals surface area contributed by atoms with Crippen LogP contribution in [0.2, 0.25) is 0 Å². The van der Waals surface area contributed by atoms with Gasteiger partial charge >= 0.3 is 11.9 Å². The van der Waals surface area contributed by atoms with E-state index in [1.165, 1.54) is 26.5 Å². The Bertz CT molecular complexity index is 503. The van der Waals surface area contributed by atoms with Crippen LogP contribution in [0.3, 0.4) is 0 Å². The third-order valence-electron chi connectivity index (χ3n) is 2.88. The average Bonchev–Trinajstić information content (AvgIpc) is 2.53. The lowest BCUT2D eigenvalue weighted by Crippen LogP contribution is -2.43. The fourth-order valence-electron chi connectivity index (χ4n) is 1.74. The van der Waals surface area contributed by atoms with Crippen LogP contribution >= 0.6 is 0 Å². The molecule has 0 fully saturated rings. The van der Waals surface area contributed by atoms with Gasteiger partial charge in [-0.1, -0.05) is 13.0 Å². The SMILES string of the molecule is COC(=O)[C@@H](C)C[C@@H](NC(=O)c1ccccn1)C(=O)OC. The summed E-state index contributed by atoms with van der Waals surface area (Å²) in [6.07, 6.45) is 1.55. The number of nitrogens with one attached hydrogen (secondary N) is 1. The minimum Gasteiger partial charge on any atom is -0.469 e. The van der Waals surface area contributed by atoms with E-state index in [9.17, 15) is 14.4 Å². The first-order valence-electron chi connectivity index (χ1n) is 6.37. The standard InChI is InChI=1S/C14H18N2O5/c1-9(13(18)20-2)8-11(14(19)21-3)16-12(17)10-6-4-5-7-15-10/h4-7,9,11H,8H2,1-3H3,(H,16,17)/t9-,11+/m0/s1. The van der Waals surface area contributed by atoms with E-state index >= 15 is 0 Å². The van der Waals surface area contributed by atoms with E-state index in [4.69, 9.17) is 0 Å². The molecule has 0 aliphatic heterocycles. The van der Waals surface area contributed by atoms with Gasteiger partial charge in [-0.15, -0.1) is 0 Å². The number of nitrogens with zero attached hydrogens (tertiary/aromatic N) is 1. The fourth-order valence-corrected chi connectivity index (χ4v) is 1.74. The Morgan fingerprint density at radius 1 is 1.19 bits per heavy atom. The highest BCUT2D eigenvalue weighted by atomic mass is 16.5. The molecule has 1 amide bonds. The normalized spacial score (nSPS) is 12.9. The Hall–Kier alpha value is -2.44. The molecule has 0 radical (unpaired) electrons. The summed E-state index contributed by atoms with van der Waals surface area (Å²) < 4.78 is 9.24. The van der Waals surface area contributed by atoms with Crippen LogP contribution < -0.4 is 5.32 Å². The molecule has 0 aliphatic carbocycles. The van der Waals surface area contributed by atoms with Gasteiger partial charge in [0.1, 0.15) is 11.7 Å². The molecule has 7 heteroatoms. The minimum atomic E-state index is -0.946. The first-order chi connectivity index (χ1) is 9.99. The van der Waals surface area contributed by atoms with Crippen molar-refractivity contribution in [3.05, 3.63) is 30.1 Å². The zero-order chi connectivity index (χ0) is 15.8. The first-order valence-corrected chi connectivity index (χ1v) is 6.37. The predicted octanol–water partition coefficient (Wildman–Crippen LogP) is 0.552. The van der Waals surface area contributed by atoms with Gasteiger partial charge in [-0.3, -0.25) is 14.6 Å².